The van der Waals surface area contributed by atoms with Crippen molar-refractivity contribution >= 4 is 21.9 Å². The van der Waals surface area contributed by atoms with E-state index in [2.05, 4.69) is 14.6 Å². The molecule has 0 saturated carbocycles. The number of nitrogens with zero attached hydrogens (tertiary/aromatic N) is 1. The first-order valence-corrected chi connectivity index (χ1v) is 11.1. The van der Waals surface area contributed by atoms with Gasteiger partial charge in [-0.2, -0.15) is 5.10 Å². The van der Waals surface area contributed by atoms with Crippen molar-refractivity contribution in [2.45, 2.75) is 17.7 Å². The molecule has 0 aliphatic heterocycles. The molecule has 3 rings (SSSR count). The maximum absolute atomic E-state index is 12.7. The highest BCUT2D eigenvalue weighted by molar-refractivity contribution is 7.92. The number of hydrogen-bond acceptors (Lipinski definition) is 6. The number of hydrazone groups is 1. The van der Waals surface area contributed by atoms with E-state index in [-0.39, 0.29) is 5.69 Å². The first-order chi connectivity index (χ1) is 15.7. The Bertz CT molecular complexity index is 1210. The number of sulfonamides is 1. The van der Waals surface area contributed by atoms with Crippen LogP contribution in [-0.2, 0) is 16.4 Å². The predicted octanol–water partition coefficient (Wildman–Crippen LogP) is 4.30. The molecular weight excluding hydrogens is 459 g/mol. The Kier molecular flexibility index (Phi) is 7.44. The van der Waals surface area contributed by atoms with Crippen LogP contribution in [0.15, 0.2) is 82.8 Å². The highest BCUT2D eigenvalue weighted by Crippen LogP contribution is 2.31. The Morgan fingerprint density at radius 1 is 1.00 bits per heavy atom. The number of para-hydroxylation sites is 1. The minimum Gasteiger partial charge on any atom is -0.493 e. The maximum atomic E-state index is 12.7. The summed E-state index contributed by atoms with van der Waals surface area (Å²) >= 11 is 0. The van der Waals surface area contributed by atoms with Crippen molar-refractivity contribution < 1.29 is 31.1 Å². The Morgan fingerprint density at radius 3 is 2.42 bits per heavy atom. The lowest BCUT2D eigenvalue weighted by molar-refractivity contribution is -0.275. The summed E-state index contributed by atoms with van der Waals surface area (Å²) in [6, 6.07) is 18.1. The minimum atomic E-state index is -5.03. The quantitative estimate of drug-likeness (QED) is 0.271. The third kappa shape index (κ3) is 7.14. The van der Waals surface area contributed by atoms with E-state index in [4.69, 9.17) is 10.6 Å². The number of halogens is 3. The summed E-state index contributed by atoms with van der Waals surface area (Å²) in [6.07, 6.45) is -2.91. The molecule has 11 heteroatoms. The van der Waals surface area contributed by atoms with Gasteiger partial charge < -0.3 is 15.3 Å². The summed E-state index contributed by atoms with van der Waals surface area (Å²) in [5.74, 6) is 4.68. The molecule has 3 aromatic rings. The van der Waals surface area contributed by atoms with Crippen molar-refractivity contribution in [2.24, 2.45) is 10.9 Å². The van der Waals surface area contributed by atoms with Crippen molar-refractivity contribution in [1.29, 1.82) is 0 Å². The van der Waals surface area contributed by atoms with Gasteiger partial charge >= 0.3 is 6.36 Å². The van der Waals surface area contributed by atoms with Crippen molar-refractivity contribution in [1.82, 2.24) is 0 Å². The first kappa shape index (κ1) is 23.9. The standard InChI is InChI=1S/C22H20F3N3O4S/c23-22(24,25)32-20-6-1-2-7-21(20)33(29,30)28-18-4-3-5-19(14-18)31-13-12-16-8-10-17(11-9-16)15-27-26/h1-11,14-15,28H,12-13,26H2. The van der Waals surface area contributed by atoms with Crippen LogP contribution in [0.1, 0.15) is 11.1 Å². The SMILES string of the molecule is NN=Cc1ccc(CCOc2cccc(NS(=O)(=O)c3ccccc3OC(F)(F)F)c2)cc1. The summed E-state index contributed by atoms with van der Waals surface area (Å²) in [5.41, 5.74) is 2.01. The molecule has 3 aromatic carbocycles. The van der Waals surface area contributed by atoms with Gasteiger partial charge in [-0.15, -0.1) is 13.2 Å². The number of alkyl halides is 3. The van der Waals surface area contributed by atoms with Crippen LogP contribution in [0.4, 0.5) is 18.9 Å². The second kappa shape index (κ2) is 10.3. The normalized spacial score (nSPS) is 12.0. The molecule has 0 radical (unpaired) electrons. The average Bonchev–Trinajstić information content (AvgIpc) is 2.74. The maximum Gasteiger partial charge on any atom is 0.573 e. The molecule has 0 unspecified atom stereocenters. The second-order valence-electron chi connectivity index (χ2n) is 6.75. The minimum absolute atomic E-state index is 0.125. The van der Waals surface area contributed by atoms with Gasteiger partial charge in [-0.05, 0) is 35.4 Å². The number of nitrogens with one attached hydrogen (secondary N) is 1. The number of benzene rings is 3. The third-order valence-corrected chi connectivity index (χ3v) is 5.73. The zero-order valence-electron chi connectivity index (χ0n) is 17.1. The molecule has 0 amide bonds. The van der Waals surface area contributed by atoms with E-state index in [1.807, 2.05) is 24.3 Å². The van der Waals surface area contributed by atoms with Gasteiger partial charge in [0.1, 0.15) is 16.4 Å². The lowest BCUT2D eigenvalue weighted by Gasteiger charge is -2.15. The van der Waals surface area contributed by atoms with Gasteiger partial charge in [0.05, 0.1) is 18.5 Å². The molecule has 7 nitrogen and oxygen atoms in total. The van der Waals surface area contributed by atoms with Crippen LogP contribution in [0, 0.1) is 0 Å². The summed E-state index contributed by atoms with van der Waals surface area (Å²) < 4.78 is 75.0. The topological polar surface area (TPSA) is 103 Å². The first-order valence-electron chi connectivity index (χ1n) is 9.59. The van der Waals surface area contributed by atoms with Gasteiger partial charge in [0, 0.05) is 12.5 Å². The summed E-state index contributed by atoms with van der Waals surface area (Å²) in [5, 5.41) is 3.46. The molecular formula is C22H20F3N3O4S. The molecule has 0 bridgehead atoms. The molecule has 0 aromatic heterocycles. The van der Waals surface area contributed by atoms with Crippen LogP contribution in [0.2, 0.25) is 0 Å². The van der Waals surface area contributed by atoms with E-state index >= 15 is 0 Å². The Hall–Kier alpha value is -3.73. The Labute approximate surface area is 188 Å². The van der Waals surface area contributed by atoms with Crippen LogP contribution in [0.5, 0.6) is 11.5 Å². The van der Waals surface area contributed by atoms with E-state index in [9.17, 15) is 21.6 Å². The largest absolute Gasteiger partial charge is 0.573 e. The zero-order valence-corrected chi connectivity index (χ0v) is 17.9. The second-order valence-corrected chi connectivity index (χ2v) is 8.40. The van der Waals surface area contributed by atoms with Crippen LogP contribution in [0.25, 0.3) is 0 Å². The molecule has 0 aliphatic carbocycles. The van der Waals surface area contributed by atoms with E-state index in [1.54, 1.807) is 12.1 Å². The number of ether oxygens (including phenoxy) is 2. The number of rotatable bonds is 9. The van der Waals surface area contributed by atoms with Crippen LogP contribution < -0.4 is 20.0 Å². The molecule has 0 saturated heterocycles. The number of nitrogens with two attached hydrogens (primary N) is 1. The molecule has 0 atom stereocenters. The van der Waals surface area contributed by atoms with Crippen LogP contribution >= 0.6 is 0 Å². The lowest BCUT2D eigenvalue weighted by atomic mass is 10.1. The lowest BCUT2D eigenvalue weighted by Crippen LogP contribution is -2.20. The molecule has 0 fully saturated rings. The molecule has 0 aliphatic rings. The highest BCUT2D eigenvalue weighted by Gasteiger charge is 2.34. The predicted molar refractivity (Wildman–Crippen MR) is 118 cm³/mol. The molecule has 3 N–H and O–H groups in total. The zero-order chi connectivity index (χ0) is 23.9. The van der Waals surface area contributed by atoms with Gasteiger partial charge in [-0.3, -0.25) is 4.72 Å². The Balaban J connectivity index is 1.66. The van der Waals surface area contributed by atoms with Gasteiger partial charge in [0.2, 0.25) is 0 Å². The van der Waals surface area contributed by atoms with E-state index in [0.717, 1.165) is 23.3 Å². The van der Waals surface area contributed by atoms with Gasteiger partial charge in [-0.25, -0.2) is 8.42 Å². The van der Waals surface area contributed by atoms with Crippen molar-refractivity contribution in [3.8, 4) is 11.5 Å². The fourth-order valence-corrected chi connectivity index (χ4v) is 4.06. The van der Waals surface area contributed by atoms with Gasteiger partial charge in [0.25, 0.3) is 10.0 Å². The van der Waals surface area contributed by atoms with Crippen molar-refractivity contribution in [3.05, 3.63) is 83.9 Å². The van der Waals surface area contributed by atoms with Gasteiger partial charge in [-0.1, -0.05) is 42.5 Å². The fraction of sp³-hybridized carbons (Fsp3) is 0.136. The highest BCUT2D eigenvalue weighted by atomic mass is 32.2. The molecule has 0 spiro atoms. The van der Waals surface area contributed by atoms with Crippen LogP contribution in [-0.4, -0.2) is 27.6 Å². The van der Waals surface area contributed by atoms with E-state index in [0.29, 0.717) is 18.8 Å². The van der Waals surface area contributed by atoms with E-state index < -0.39 is 27.0 Å². The molecule has 174 valence electrons. The van der Waals surface area contributed by atoms with Crippen molar-refractivity contribution in [2.75, 3.05) is 11.3 Å². The third-order valence-electron chi connectivity index (χ3n) is 4.31. The molecule has 33 heavy (non-hydrogen) atoms. The van der Waals surface area contributed by atoms with E-state index in [1.165, 1.54) is 30.5 Å². The van der Waals surface area contributed by atoms with Crippen LogP contribution in [0.3, 0.4) is 0 Å². The average molecular weight is 479 g/mol. The van der Waals surface area contributed by atoms with Gasteiger partial charge in [0.15, 0.2) is 0 Å². The summed E-state index contributed by atoms with van der Waals surface area (Å²) in [6.45, 7) is 0.322. The smallest absolute Gasteiger partial charge is 0.493 e. The fourth-order valence-electron chi connectivity index (χ4n) is 2.88. The Morgan fingerprint density at radius 2 is 1.73 bits per heavy atom. The monoisotopic (exact) mass is 479 g/mol. The number of anilines is 1. The van der Waals surface area contributed by atoms with Crippen molar-refractivity contribution in [3.63, 3.8) is 0 Å². The summed E-state index contributed by atoms with van der Waals surface area (Å²) in [4.78, 5) is -0.642. The summed E-state index contributed by atoms with van der Waals surface area (Å²) in [7, 11) is -4.36. The molecule has 0 heterocycles. The number of hydrogen-bond donors (Lipinski definition) is 2.